The van der Waals surface area contributed by atoms with Crippen LogP contribution in [0.2, 0.25) is 0 Å². The van der Waals surface area contributed by atoms with Crippen LogP contribution in [0.15, 0.2) is 0 Å². The molecular weight excluding hydrogens is 228 g/mol. The Bertz CT molecular complexity index is 179. The molecule has 0 bridgehead atoms. The molecule has 0 aromatic heterocycles. The summed E-state index contributed by atoms with van der Waals surface area (Å²) in [5.74, 6) is 2.23. The third-order valence-corrected chi connectivity index (χ3v) is 3.12. The van der Waals surface area contributed by atoms with Crippen LogP contribution < -0.4 is 10.6 Å². The number of methoxy groups -OCH3 is 1. The molecule has 0 radical (unpaired) electrons. The zero-order valence-electron chi connectivity index (χ0n) is 10.0. The minimum absolute atomic E-state index is 0.251. The standard InChI is InChI=1S/C10H22N2OS2/c1-5-15-7-9(3)12-10(14)11-8(2)6-13-4/h8-9H,5-7H2,1-4H3,(H2,11,12,14). The van der Waals surface area contributed by atoms with E-state index in [9.17, 15) is 0 Å². The van der Waals surface area contributed by atoms with Crippen LogP contribution in [0, 0.1) is 0 Å². The van der Waals surface area contributed by atoms with Crippen LogP contribution >= 0.6 is 24.0 Å². The summed E-state index contributed by atoms with van der Waals surface area (Å²) in [5.41, 5.74) is 0. The van der Waals surface area contributed by atoms with Gasteiger partial charge in [0.2, 0.25) is 0 Å². The summed E-state index contributed by atoms with van der Waals surface area (Å²) < 4.78 is 5.02. The molecule has 0 aromatic carbocycles. The highest BCUT2D eigenvalue weighted by molar-refractivity contribution is 7.99. The van der Waals surface area contributed by atoms with E-state index >= 15 is 0 Å². The molecule has 0 saturated carbocycles. The van der Waals surface area contributed by atoms with Crippen molar-refractivity contribution in [3.8, 4) is 0 Å². The van der Waals surface area contributed by atoms with Gasteiger partial charge in [-0.05, 0) is 31.8 Å². The topological polar surface area (TPSA) is 33.3 Å². The number of ether oxygens (including phenoxy) is 1. The normalized spacial score (nSPS) is 14.4. The fraction of sp³-hybridized carbons (Fsp3) is 0.900. The third kappa shape index (κ3) is 8.96. The minimum atomic E-state index is 0.251. The van der Waals surface area contributed by atoms with Gasteiger partial charge in [0, 0.05) is 24.9 Å². The zero-order valence-corrected chi connectivity index (χ0v) is 11.6. The fourth-order valence-corrected chi connectivity index (χ4v) is 2.19. The molecular formula is C10H22N2OS2. The summed E-state index contributed by atoms with van der Waals surface area (Å²) in [6.45, 7) is 7.01. The predicted molar refractivity (Wildman–Crippen MR) is 72.7 cm³/mol. The molecule has 0 amide bonds. The second-order valence-electron chi connectivity index (χ2n) is 3.53. The summed E-state index contributed by atoms with van der Waals surface area (Å²) in [5, 5.41) is 7.13. The average Bonchev–Trinajstić information content (AvgIpc) is 2.14. The third-order valence-electron chi connectivity index (χ3n) is 1.74. The second kappa shape index (κ2) is 9.24. The van der Waals surface area contributed by atoms with Crippen molar-refractivity contribution in [2.45, 2.75) is 32.9 Å². The van der Waals surface area contributed by atoms with Gasteiger partial charge in [-0.15, -0.1) is 0 Å². The molecule has 0 heterocycles. The predicted octanol–water partition coefficient (Wildman–Crippen LogP) is 1.63. The van der Waals surface area contributed by atoms with Crippen molar-refractivity contribution in [1.29, 1.82) is 0 Å². The molecule has 2 N–H and O–H groups in total. The van der Waals surface area contributed by atoms with E-state index in [0.717, 1.165) is 11.5 Å². The number of rotatable bonds is 7. The molecule has 0 aliphatic heterocycles. The lowest BCUT2D eigenvalue weighted by atomic mass is 10.3. The van der Waals surface area contributed by atoms with Crippen LogP contribution in [-0.4, -0.2) is 42.4 Å². The molecule has 3 nitrogen and oxygen atoms in total. The first-order valence-electron chi connectivity index (χ1n) is 5.23. The van der Waals surface area contributed by atoms with Crippen LogP contribution in [0.4, 0.5) is 0 Å². The SMILES string of the molecule is CCSCC(C)NC(=S)NC(C)COC. The monoisotopic (exact) mass is 250 g/mol. The lowest BCUT2D eigenvalue weighted by molar-refractivity contribution is 0.179. The molecule has 0 fully saturated rings. The Morgan fingerprint density at radius 2 is 1.93 bits per heavy atom. The van der Waals surface area contributed by atoms with Gasteiger partial charge in [0.05, 0.1) is 6.61 Å². The maximum Gasteiger partial charge on any atom is 0.166 e. The Hall–Kier alpha value is -0.0000000000000000486. The van der Waals surface area contributed by atoms with Crippen molar-refractivity contribution in [1.82, 2.24) is 10.6 Å². The van der Waals surface area contributed by atoms with Gasteiger partial charge in [-0.3, -0.25) is 0 Å². The van der Waals surface area contributed by atoms with Crippen molar-refractivity contribution in [2.75, 3.05) is 25.2 Å². The van der Waals surface area contributed by atoms with E-state index in [1.807, 2.05) is 18.7 Å². The maximum atomic E-state index is 5.18. The zero-order chi connectivity index (χ0) is 11.7. The van der Waals surface area contributed by atoms with Gasteiger partial charge >= 0.3 is 0 Å². The van der Waals surface area contributed by atoms with Gasteiger partial charge in [-0.1, -0.05) is 6.92 Å². The fourth-order valence-electron chi connectivity index (χ4n) is 1.12. The number of hydrogen-bond donors (Lipinski definition) is 2. The largest absolute Gasteiger partial charge is 0.383 e. The highest BCUT2D eigenvalue weighted by Crippen LogP contribution is 2.00. The van der Waals surface area contributed by atoms with Crippen LogP contribution in [0.1, 0.15) is 20.8 Å². The minimum Gasteiger partial charge on any atom is -0.383 e. The van der Waals surface area contributed by atoms with E-state index in [0.29, 0.717) is 17.8 Å². The summed E-state index contributed by atoms with van der Waals surface area (Å²) in [6.07, 6.45) is 0. The van der Waals surface area contributed by atoms with E-state index < -0.39 is 0 Å². The Morgan fingerprint density at radius 1 is 1.33 bits per heavy atom. The number of hydrogen-bond acceptors (Lipinski definition) is 3. The van der Waals surface area contributed by atoms with Crippen LogP contribution in [0.5, 0.6) is 0 Å². The van der Waals surface area contributed by atoms with Gasteiger partial charge in [0.25, 0.3) is 0 Å². The molecule has 90 valence electrons. The molecule has 0 aromatic rings. The second-order valence-corrected chi connectivity index (χ2v) is 5.26. The number of nitrogens with one attached hydrogen (secondary N) is 2. The van der Waals surface area contributed by atoms with Gasteiger partial charge in [-0.2, -0.15) is 11.8 Å². The van der Waals surface area contributed by atoms with Crippen molar-refractivity contribution >= 4 is 29.1 Å². The number of thioether (sulfide) groups is 1. The average molecular weight is 250 g/mol. The van der Waals surface area contributed by atoms with Crippen molar-refractivity contribution in [3.63, 3.8) is 0 Å². The van der Waals surface area contributed by atoms with Crippen molar-refractivity contribution in [3.05, 3.63) is 0 Å². The molecule has 15 heavy (non-hydrogen) atoms. The van der Waals surface area contributed by atoms with Gasteiger partial charge in [0.15, 0.2) is 5.11 Å². The molecule has 0 aliphatic rings. The molecule has 2 atom stereocenters. The summed E-state index contributed by atoms with van der Waals surface area (Å²) in [7, 11) is 1.69. The summed E-state index contributed by atoms with van der Waals surface area (Å²) >= 11 is 7.10. The molecule has 0 rings (SSSR count). The highest BCUT2D eigenvalue weighted by Gasteiger charge is 2.06. The lowest BCUT2D eigenvalue weighted by Crippen LogP contribution is -2.46. The first-order valence-corrected chi connectivity index (χ1v) is 6.80. The first kappa shape index (κ1) is 15.0. The van der Waals surface area contributed by atoms with E-state index in [-0.39, 0.29) is 6.04 Å². The van der Waals surface area contributed by atoms with Crippen molar-refractivity contribution in [2.24, 2.45) is 0 Å². The first-order chi connectivity index (χ1) is 7.10. The van der Waals surface area contributed by atoms with Gasteiger partial charge in [0.1, 0.15) is 0 Å². The summed E-state index contributed by atoms with van der Waals surface area (Å²) in [6, 6.07) is 0.658. The Labute approximate surface area is 103 Å². The Balaban J connectivity index is 3.63. The quantitative estimate of drug-likeness (QED) is 0.671. The summed E-state index contributed by atoms with van der Waals surface area (Å²) in [4.78, 5) is 0. The highest BCUT2D eigenvalue weighted by atomic mass is 32.2. The molecule has 2 unspecified atom stereocenters. The van der Waals surface area contributed by atoms with Crippen molar-refractivity contribution < 1.29 is 4.74 Å². The van der Waals surface area contributed by atoms with E-state index in [1.165, 1.54) is 0 Å². The number of thiocarbonyl (C=S) groups is 1. The van der Waals surface area contributed by atoms with Crippen LogP contribution in [0.3, 0.4) is 0 Å². The van der Waals surface area contributed by atoms with E-state index in [2.05, 4.69) is 24.5 Å². The lowest BCUT2D eigenvalue weighted by Gasteiger charge is -2.19. The van der Waals surface area contributed by atoms with E-state index in [4.69, 9.17) is 17.0 Å². The smallest absolute Gasteiger partial charge is 0.166 e. The molecule has 0 spiro atoms. The van der Waals surface area contributed by atoms with E-state index in [1.54, 1.807) is 7.11 Å². The van der Waals surface area contributed by atoms with Gasteiger partial charge < -0.3 is 15.4 Å². The van der Waals surface area contributed by atoms with Crippen LogP contribution in [0.25, 0.3) is 0 Å². The molecule has 0 aliphatic carbocycles. The maximum absolute atomic E-state index is 5.18. The Morgan fingerprint density at radius 3 is 2.47 bits per heavy atom. The molecule has 5 heteroatoms. The Kier molecular flexibility index (Phi) is 9.24. The van der Waals surface area contributed by atoms with Gasteiger partial charge in [-0.25, -0.2) is 0 Å². The van der Waals surface area contributed by atoms with Crippen LogP contribution in [-0.2, 0) is 4.74 Å². The molecule has 0 saturated heterocycles.